The Morgan fingerprint density at radius 2 is 0.944 bits per heavy atom. The Balaban J connectivity index is 0.887. The SMILES string of the molecule is CCC1(CC)c2cc(C=Cc3cccc4c3-c3ccccc3C4(c3ccccc3)c3ccccc3)ccc2-c2ccc(N(c3ccccc3)c3ccc4c5cccc6cccc(c7cccc3c74)c65)cc21. The van der Waals surface area contributed by atoms with Gasteiger partial charge in [0.2, 0.25) is 0 Å². The van der Waals surface area contributed by atoms with Crippen molar-refractivity contribution in [3.63, 3.8) is 0 Å². The standard InChI is InChI=1S/C70H51N/c1-3-69(4-2)63-44-46(36-38-48-22-18-35-62-67(48)59-29-14-15-34-61(59)70(62,49-23-8-5-9-24-49)50-25-10-6-11-26-50)37-40-53(63)54-41-39-52(45-64(54)69)71(51-27-12-7-13-28-51)65-43-42-58-56-31-17-21-47-20-16-30-55(66(47)56)57-32-19-33-60(65)68(57)58/h5-45H,3-4H2,1-2H3. The summed E-state index contributed by atoms with van der Waals surface area (Å²) < 4.78 is 0. The minimum Gasteiger partial charge on any atom is -0.310 e. The average molecular weight is 906 g/mol. The van der Waals surface area contributed by atoms with E-state index >= 15 is 0 Å². The predicted molar refractivity (Wildman–Crippen MR) is 302 cm³/mol. The Bertz CT molecular complexity index is 3980. The molecule has 2 aliphatic rings. The van der Waals surface area contributed by atoms with Crippen molar-refractivity contribution >= 4 is 72.3 Å². The number of anilines is 3. The molecule has 0 fully saturated rings. The average Bonchev–Trinajstić information content (AvgIpc) is 3.90. The molecule has 12 aromatic carbocycles. The number of nitrogens with zero attached hydrogens (tertiary/aromatic N) is 1. The molecule has 14 rings (SSSR count). The van der Waals surface area contributed by atoms with E-state index in [0.29, 0.717) is 0 Å². The van der Waals surface area contributed by atoms with E-state index < -0.39 is 5.41 Å². The van der Waals surface area contributed by atoms with Crippen LogP contribution in [0.3, 0.4) is 0 Å². The van der Waals surface area contributed by atoms with Gasteiger partial charge in [0.15, 0.2) is 0 Å². The van der Waals surface area contributed by atoms with Crippen molar-refractivity contribution in [2.75, 3.05) is 4.90 Å². The summed E-state index contributed by atoms with van der Waals surface area (Å²) in [5, 5.41) is 10.4. The van der Waals surface area contributed by atoms with Crippen LogP contribution in [0.5, 0.6) is 0 Å². The second-order valence-electron chi connectivity index (χ2n) is 19.7. The van der Waals surface area contributed by atoms with Crippen LogP contribution in [-0.4, -0.2) is 0 Å². The Labute approximate surface area is 416 Å². The fourth-order valence-corrected chi connectivity index (χ4v) is 13.4. The molecule has 336 valence electrons. The van der Waals surface area contributed by atoms with E-state index in [2.05, 4.69) is 267 Å². The number of para-hydroxylation sites is 1. The quantitative estimate of drug-likeness (QED) is 0.0792. The zero-order chi connectivity index (χ0) is 47.3. The van der Waals surface area contributed by atoms with Crippen molar-refractivity contribution in [3.05, 3.63) is 281 Å². The molecule has 0 aliphatic heterocycles. The lowest BCUT2D eigenvalue weighted by molar-refractivity contribution is 0.490. The lowest BCUT2D eigenvalue weighted by Crippen LogP contribution is -2.28. The van der Waals surface area contributed by atoms with Crippen LogP contribution in [0.15, 0.2) is 237 Å². The second-order valence-corrected chi connectivity index (χ2v) is 19.7. The minimum atomic E-state index is -0.427. The Hall–Kier alpha value is -8.52. The minimum absolute atomic E-state index is 0.146. The van der Waals surface area contributed by atoms with Gasteiger partial charge >= 0.3 is 0 Å². The van der Waals surface area contributed by atoms with Crippen LogP contribution in [0, 0.1) is 0 Å². The van der Waals surface area contributed by atoms with Crippen molar-refractivity contribution in [1.29, 1.82) is 0 Å². The highest BCUT2D eigenvalue weighted by molar-refractivity contribution is 6.34. The van der Waals surface area contributed by atoms with Crippen molar-refractivity contribution in [3.8, 4) is 22.3 Å². The summed E-state index contributed by atoms with van der Waals surface area (Å²) in [5.74, 6) is 0. The number of hydrogen-bond donors (Lipinski definition) is 0. The lowest BCUT2D eigenvalue weighted by Gasteiger charge is -2.33. The van der Waals surface area contributed by atoms with Crippen LogP contribution in [0.2, 0.25) is 0 Å². The highest BCUT2D eigenvalue weighted by atomic mass is 15.1. The molecule has 0 unspecified atom stereocenters. The van der Waals surface area contributed by atoms with E-state index in [1.54, 1.807) is 0 Å². The van der Waals surface area contributed by atoms with Gasteiger partial charge in [-0.1, -0.05) is 232 Å². The first-order valence-corrected chi connectivity index (χ1v) is 25.4. The maximum Gasteiger partial charge on any atom is 0.0713 e. The molecular weight excluding hydrogens is 855 g/mol. The van der Waals surface area contributed by atoms with E-state index in [1.165, 1.54) is 121 Å². The monoisotopic (exact) mass is 905 g/mol. The summed E-state index contributed by atoms with van der Waals surface area (Å²) in [6, 6.07) is 88.7. The van der Waals surface area contributed by atoms with E-state index in [4.69, 9.17) is 0 Å². The molecule has 71 heavy (non-hydrogen) atoms. The molecule has 12 aromatic rings. The van der Waals surface area contributed by atoms with Crippen LogP contribution in [0.25, 0.3) is 77.5 Å². The topological polar surface area (TPSA) is 3.24 Å². The molecule has 0 heterocycles. The van der Waals surface area contributed by atoms with Crippen LogP contribution >= 0.6 is 0 Å². The molecular formula is C70H51N. The fourth-order valence-electron chi connectivity index (χ4n) is 13.4. The van der Waals surface area contributed by atoms with Crippen LogP contribution in [0.1, 0.15) is 71.2 Å². The fraction of sp³-hybridized carbons (Fsp3) is 0.0857. The van der Waals surface area contributed by atoms with Gasteiger partial charge in [-0.3, -0.25) is 0 Å². The summed E-state index contributed by atoms with van der Waals surface area (Å²) in [6.07, 6.45) is 6.71. The van der Waals surface area contributed by atoms with Crippen molar-refractivity contribution in [2.24, 2.45) is 0 Å². The smallest absolute Gasteiger partial charge is 0.0713 e. The highest BCUT2D eigenvalue weighted by Gasteiger charge is 2.46. The zero-order valence-electron chi connectivity index (χ0n) is 40.0. The molecule has 0 saturated carbocycles. The summed E-state index contributed by atoms with van der Waals surface area (Å²) >= 11 is 0. The third-order valence-electron chi connectivity index (χ3n) is 16.6. The summed E-state index contributed by atoms with van der Waals surface area (Å²) in [7, 11) is 0. The molecule has 0 saturated heterocycles. The number of hydrogen-bond acceptors (Lipinski definition) is 1. The van der Waals surface area contributed by atoms with Crippen molar-refractivity contribution in [1.82, 2.24) is 0 Å². The van der Waals surface area contributed by atoms with Crippen LogP contribution < -0.4 is 4.90 Å². The van der Waals surface area contributed by atoms with E-state index in [1.807, 2.05) is 0 Å². The largest absolute Gasteiger partial charge is 0.310 e. The summed E-state index contributed by atoms with van der Waals surface area (Å²) in [6.45, 7) is 4.77. The maximum absolute atomic E-state index is 2.52. The number of rotatable bonds is 9. The van der Waals surface area contributed by atoms with Gasteiger partial charge < -0.3 is 4.90 Å². The predicted octanol–water partition coefficient (Wildman–Crippen LogP) is 18.8. The Morgan fingerprint density at radius 3 is 1.65 bits per heavy atom. The molecule has 0 atom stereocenters. The van der Waals surface area contributed by atoms with Gasteiger partial charge in [-0.05, 0) is 148 Å². The van der Waals surface area contributed by atoms with Gasteiger partial charge in [0.1, 0.15) is 0 Å². The lowest BCUT2D eigenvalue weighted by atomic mass is 9.67. The van der Waals surface area contributed by atoms with Crippen molar-refractivity contribution in [2.45, 2.75) is 37.5 Å². The third kappa shape index (κ3) is 5.87. The maximum atomic E-state index is 2.52. The van der Waals surface area contributed by atoms with Crippen molar-refractivity contribution < 1.29 is 0 Å². The molecule has 1 heteroatoms. The summed E-state index contributed by atoms with van der Waals surface area (Å²) in [5.41, 5.74) is 18.7. The number of benzene rings is 12. The van der Waals surface area contributed by atoms with Crippen LogP contribution in [0.4, 0.5) is 17.1 Å². The normalized spacial score (nSPS) is 14.1. The van der Waals surface area contributed by atoms with E-state index in [-0.39, 0.29) is 5.41 Å². The molecule has 0 bridgehead atoms. The van der Waals surface area contributed by atoms with Crippen LogP contribution in [-0.2, 0) is 10.8 Å². The van der Waals surface area contributed by atoms with Gasteiger partial charge in [0.25, 0.3) is 0 Å². The first kappa shape index (κ1) is 41.5. The zero-order valence-corrected chi connectivity index (χ0v) is 40.0. The molecule has 1 nitrogen and oxygen atoms in total. The first-order chi connectivity index (χ1) is 35.1. The summed E-state index contributed by atoms with van der Waals surface area (Å²) in [4.78, 5) is 2.50. The van der Waals surface area contributed by atoms with E-state index in [9.17, 15) is 0 Å². The van der Waals surface area contributed by atoms with Gasteiger partial charge in [-0.2, -0.15) is 0 Å². The molecule has 0 amide bonds. The molecule has 0 spiro atoms. The Morgan fingerprint density at radius 1 is 0.380 bits per heavy atom. The molecule has 0 radical (unpaired) electrons. The second kappa shape index (κ2) is 16.0. The molecule has 0 N–H and O–H groups in total. The van der Waals surface area contributed by atoms with Gasteiger partial charge in [0.05, 0.1) is 11.1 Å². The highest BCUT2D eigenvalue weighted by Crippen LogP contribution is 2.58. The number of fused-ring (bicyclic) bond motifs is 8. The van der Waals surface area contributed by atoms with Gasteiger partial charge in [-0.15, -0.1) is 0 Å². The molecule has 2 aliphatic carbocycles. The third-order valence-corrected chi connectivity index (χ3v) is 16.6. The van der Waals surface area contributed by atoms with Gasteiger partial charge in [0, 0.05) is 22.2 Å². The Kier molecular flexibility index (Phi) is 9.35. The van der Waals surface area contributed by atoms with E-state index in [0.717, 1.165) is 18.5 Å². The van der Waals surface area contributed by atoms with Gasteiger partial charge in [-0.25, -0.2) is 0 Å². The first-order valence-electron chi connectivity index (χ1n) is 25.4. The molecule has 0 aromatic heterocycles.